The van der Waals surface area contributed by atoms with Crippen LogP contribution in [0.2, 0.25) is 0 Å². The number of methoxy groups -OCH3 is 1. The minimum atomic E-state index is -0.561. The Morgan fingerprint density at radius 2 is 2.19 bits per heavy atom. The largest absolute Gasteiger partial charge is 0.496 e. The van der Waals surface area contributed by atoms with E-state index in [1.165, 1.54) is 25.3 Å². The fourth-order valence-corrected chi connectivity index (χ4v) is 1.17. The highest BCUT2D eigenvalue weighted by Gasteiger charge is 2.17. The molecule has 0 aliphatic rings. The van der Waals surface area contributed by atoms with Crippen molar-refractivity contribution in [2.45, 2.75) is 6.92 Å². The maximum Gasteiger partial charge on any atom is 0.341 e. The van der Waals surface area contributed by atoms with Gasteiger partial charge in [0.1, 0.15) is 11.3 Å². The van der Waals surface area contributed by atoms with Crippen LogP contribution < -0.4 is 4.74 Å². The number of carbonyl (C=O) groups excluding carboxylic acids is 1. The van der Waals surface area contributed by atoms with Crippen molar-refractivity contribution in [3.8, 4) is 5.75 Å². The molecular formula is C10H11NO5. The topological polar surface area (TPSA) is 78.7 Å². The monoisotopic (exact) mass is 225 g/mol. The van der Waals surface area contributed by atoms with Crippen LogP contribution in [0.5, 0.6) is 5.75 Å². The molecule has 6 nitrogen and oxygen atoms in total. The van der Waals surface area contributed by atoms with E-state index in [2.05, 4.69) is 0 Å². The number of hydrogen-bond acceptors (Lipinski definition) is 5. The van der Waals surface area contributed by atoms with Gasteiger partial charge in [-0.15, -0.1) is 0 Å². The fourth-order valence-electron chi connectivity index (χ4n) is 1.17. The molecule has 6 heteroatoms. The van der Waals surface area contributed by atoms with Gasteiger partial charge in [-0.25, -0.2) is 4.79 Å². The van der Waals surface area contributed by atoms with Crippen LogP contribution >= 0.6 is 0 Å². The summed E-state index contributed by atoms with van der Waals surface area (Å²) in [7, 11) is 1.34. The number of ether oxygens (including phenoxy) is 2. The van der Waals surface area contributed by atoms with Crippen LogP contribution in [0.15, 0.2) is 18.2 Å². The van der Waals surface area contributed by atoms with Gasteiger partial charge in [0.2, 0.25) is 0 Å². The molecule has 0 spiro atoms. The summed E-state index contributed by atoms with van der Waals surface area (Å²) in [6, 6.07) is 3.73. The Morgan fingerprint density at radius 1 is 1.50 bits per heavy atom. The van der Waals surface area contributed by atoms with E-state index in [-0.39, 0.29) is 23.6 Å². The molecule has 0 atom stereocenters. The Morgan fingerprint density at radius 3 is 2.69 bits per heavy atom. The molecule has 1 rings (SSSR count). The smallest absolute Gasteiger partial charge is 0.341 e. The highest BCUT2D eigenvalue weighted by molar-refractivity contribution is 5.92. The van der Waals surface area contributed by atoms with Crippen LogP contribution in [0, 0.1) is 10.1 Å². The fraction of sp³-hybridized carbons (Fsp3) is 0.300. The van der Waals surface area contributed by atoms with E-state index in [9.17, 15) is 14.9 Å². The standard InChI is InChI=1S/C10H11NO5/c1-3-16-10(12)8-5-4-7(11(13)14)6-9(8)15-2/h4-6H,3H2,1-2H3. The van der Waals surface area contributed by atoms with Crippen molar-refractivity contribution < 1.29 is 19.2 Å². The van der Waals surface area contributed by atoms with Gasteiger partial charge in [0, 0.05) is 6.07 Å². The number of nitro groups is 1. The average Bonchev–Trinajstić information content (AvgIpc) is 2.28. The van der Waals surface area contributed by atoms with Crippen molar-refractivity contribution >= 4 is 11.7 Å². The first-order valence-corrected chi connectivity index (χ1v) is 4.59. The second-order valence-electron chi connectivity index (χ2n) is 2.86. The molecule has 0 aliphatic heterocycles. The van der Waals surface area contributed by atoms with Crippen molar-refractivity contribution in [1.29, 1.82) is 0 Å². The van der Waals surface area contributed by atoms with E-state index in [4.69, 9.17) is 9.47 Å². The number of carbonyl (C=O) groups is 1. The summed E-state index contributed by atoms with van der Waals surface area (Å²) < 4.78 is 9.68. The Balaban J connectivity index is 3.11. The zero-order chi connectivity index (χ0) is 12.1. The van der Waals surface area contributed by atoms with Crippen LogP contribution in [0.1, 0.15) is 17.3 Å². The number of esters is 1. The van der Waals surface area contributed by atoms with Gasteiger partial charge in [0.15, 0.2) is 0 Å². The third-order valence-electron chi connectivity index (χ3n) is 1.89. The number of rotatable bonds is 4. The Labute approximate surface area is 91.9 Å². The summed E-state index contributed by atoms with van der Waals surface area (Å²) in [5, 5.41) is 10.5. The maximum absolute atomic E-state index is 11.4. The van der Waals surface area contributed by atoms with E-state index < -0.39 is 10.9 Å². The van der Waals surface area contributed by atoms with Gasteiger partial charge in [0.05, 0.1) is 24.7 Å². The third-order valence-corrected chi connectivity index (χ3v) is 1.89. The van der Waals surface area contributed by atoms with Crippen molar-refractivity contribution in [2.24, 2.45) is 0 Å². The van der Waals surface area contributed by atoms with E-state index in [0.717, 1.165) is 0 Å². The molecule has 1 aromatic carbocycles. The maximum atomic E-state index is 11.4. The first-order chi connectivity index (χ1) is 7.60. The van der Waals surface area contributed by atoms with Crippen LogP contribution in [-0.2, 0) is 4.74 Å². The van der Waals surface area contributed by atoms with Gasteiger partial charge in [0.25, 0.3) is 5.69 Å². The lowest BCUT2D eigenvalue weighted by atomic mass is 10.2. The zero-order valence-electron chi connectivity index (χ0n) is 8.93. The number of hydrogen-bond donors (Lipinski definition) is 0. The van der Waals surface area contributed by atoms with Gasteiger partial charge >= 0.3 is 5.97 Å². The summed E-state index contributed by atoms with van der Waals surface area (Å²) in [6.07, 6.45) is 0. The number of nitro benzene ring substituents is 1. The van der Waals surface area contributed by atoms with Crippen molar-refractivity contribution in [3.05, 3.63) is 33.9 Å². The molecule has 0 bridgehead atoms. The van der Waals surface area contributed by atoms with Gasteiger partial charge in [-0.3, -0.25) is 10.1 Å². The molecular weight excluding hydrogens is 214 g/mol. The van der Waals surface area contributed by atoms with Crippen molar-refractivity contribution in [1.82, 2.24) is 0 Å². The second-order valence-corrected chi connectivity index (χ2v) is 2.86. The minimum absolute atomic E-state index is 0.132. The van der Waals surface area contributed by atoms with E-state index in [1.807, 2.05) is 0 Å². The van der Waals surface area contributed by atoms with Crippen LogP contribution in [0.4, 0.5) is 5.69 Å². The minimum Gasteiger partial charge on any atom is -0.496 e. The SMILES string of the molecule is CCOC(=O)c1ccc([N+](=O)[O-])cc1OC. The summed E-state index contributed by atoms with van der Waals surface area (Å²) in [4.78, 5) is 21.4. The van der Waals surface area contributed by atoms with Crippen LogP contribution in [-0.4, -0.2) is 24.6 Å². The lowest BCUT2D eigenvalue weighted by molar-refractivity contribution is -0.384. The lowest BCUT2D eigenvalue weighted by Gasteiger charge is -2.06. The quantitative estimate of drug-likeness (QED) is 0.443. The first kappa shape index (κ1) is 12.0. The Bertz CT molecular complexity index is 416. The summed E-state index contributed by atoms with van der Waals surface area (Å²) in [6.45, 7) is 1.91. The molecule has 86 valence electrons. The third kappa shape index (κ3) is 2.47. The molecule has 0 saturated carbocycles. The van der Waals surface area contributed by atoms with Crippen LogP contribution in [0.3, 0.4) is 0 Å². The summed E-state index contributed by atoms with van der Waals surface area (Å²) in [5.41, 5.74) is 0.0415. The zero-order valence-corrected chi connectivity index (χ0v) is 8.93. The molecule has 0 aromatic heterocycles. The van der Waals surface area contributed by atoms with Crippen LogP contribution in [0.25, 0.3) is 0 Å². The highest BCUT2D eigenvalue weighted by atomic mass is 16.6. The van der Waals surface area contributed by atoms with Gasteiger partial charge in [-0.1, -0.05) is 0 Å². The molecule has 0 fully saturated rings. The average molecular weight is 225 g/mol. The molecule has 1 aromatic rings. The van der Waals surface area contributed by atoms with Gasteiger partial charge in [-0.05, 0) is 13.0 Å². The summed E-state index contributed by atoms with van der Waals surface area (Å²) >= 11 is 0. The van der Waals surface area contributed by atoms with Gasteiger partial charge < -0.3 is 9.47 Å². The van der Waals surface area contributed by atoms with E-state index in [1.54, 1.807) is 6.92 Å². The molecule has 0 unspecified atom stereocenters. The molecule has 0 saturated heterocycles. The Kier molecular flexibility index (Phi) is 3.82. The number of benzene rings is 1. The Hall–Kier alpha value is -2.11. The molecule has 0 aliphatic carbocycles. The molecule has 0 N–H and O–H groups in total. The molecule has 0 radical (unpaired) electrons. The molecule has 0 heterocycles. The van der Waals surface area contributed by atoms with Crippen molar-refractivity contribution in [3.63, 3.8) is 0 Å². The summed E-state index contributed by atoms with van der Waals surface area (Å²) in [5.74, 6) is -0.429. The predicted molar refractivity (Wildman–Crippen MR) is 55.6 cm³/mol. The normalized spacial score (nSPS) is 9.62. The first-order valence-electron chi connectivity index (χ1n) is 4.59. The number of nitrogens with zero attached hydrogens (tertiary/aromatic N) is 1. The predicted octanol–water partition coefficient (Wildman–Crippen LogP) is 1.78. The number of non-ortho nitro benzene ring substituents is 1. The van der Waals surface area contributed by atoms with Gasteiger partial charge in [-0.2, -0.15) is 0 Å². The lowest BCUT2D eigenvalue weighted by Crippen LogP contribution is -2.07. The van der Waals surface area contributed by atoms with Crippen molar-refractivity contribution in [2.75, 3.05) is 13.7 Å². The van der Waals surface area contributed by atoms with E-state index >= 15 is 0 Å². The van der Waals surface area contributed by atoms with E-state index in [0.29, 0.717) is 0 Å². The molecule has 16 heavy (non-hydrogen) atoms. The highest BCUT2D eigenvalue weighted by Crippen LogP contribution is 2.25. The molecule has 0 amide bonds. The second kappa shape index (κ2) is 5.11.